The Morgan fingerprint density at radius 1 is 1.19 bits per heavy atom. The molecule has 4 aromatic rings. The highest BCUT2D eigenvalue weighted by atomic mass is 35.5. The number of carbonyl (C=O) groups excluding carboxylic acids is 1. The van der Waals surface area contributed by atoms with Crippen LogP contribution in [-0.4, -0.2) is 35.4 Å². The molecule has 0 bridgehead atoms. The van der Waals surface area contributed by atoms with Gasteiger partial charge in [-0.2, -0.15) is 5.10 Å². The van der Waals surface area contributed by atoms with E-state index in [0.717, 1.165) is 16.7 Å². The second kappa shape index (κ2) is 6.48. The van der Waals surface area contributed by atoms with E-state index in [-0.39, 0.29) is 5.82 Å². The van der Waals surface area contributed by atoms with Crippen LogP contribution in [0.2, 0.25) is 5.02 Å². The highest BCUT2D eigenvalue weighted by Crippen LogP contribution is 2.21. The quantitative estimate of drug-likeness (QED) is 0.589. The second-order valence-corrected chi connectivity index (χ2v) is 6.51. The molecule has 0 unspecified atom stereocenters. The fourth-order valence-corrected chi connectivity index (χ4v) is 3.12. The van der Waals surface area contributed by atoms with Crippen LogP contribution < -0.4 is 5.32 Å². The molecule has 0 saturated heterocycles. The van der Waals surface area contributed by atoms with Crippen LogP contribution in [-0.2, 0) is 7.05 Å². The van der Waals surface area contributed by atoms with Crippen molar-refractivity contribution in [3.8, 4) is 5.69 Å². The van der Waals surface area contributed by atoms with E-state index in [4.69, 9.17) is 11.6 Å². The summed E-state index contributed by atoms with van der Waals surface area (Å²) in [7, 11) is 1.83. The van der Waals surface area contributed by atoms with Crippen LogP contribution in [0, 0.1) is 13.8 Å². The summed E-state index contributed by atoms with van der Waals surface area (Å²) in [6.45, 7) is 3.66. The topological polar surface area (TPSA) is 90.5 Å². The number of fused-ring (bicyclic) bond motifs is 1. The number of carbonyl (C=O) groups is 1. The summed E-state index contributed by atoms with van der Waals surface area (Å²) < 4.78 is 3.25. The van der Waals surface area contributed by atoms with E-state index in [2.05, 4.69) is 25.5 Å². The molecular weight excluding hydrogens is 366 g/mol. The highest BCUT2D eigenvalue weighted by molar-refractivity contribution is 6.32. The van der Waals surface area contributed by atoms with Crippen molar-refractivity contribution in [3.05, 3.63) is 58.9 Å². The number of rotatable bonds is 3. The van der Waals surface area contributed by atoms with E-state index in [9.17, 15) is 4.79 Å². The van der Waals surface area contributed by atoms with E-state index in [1.807, 2.05) is 38.2 Å². The average molecular weight is 382 g/mol. The third kappa shape index (κ3) is 3.04. The molecule has 0 aliphatic heterocycles. The lowest BCUT2D eigenvalue weighted by Gasteiger charge is -2.04. The first kappa shape index (κ1) is 17.2. The fraction of sp³-hybridized carbons (Fsp3) is 0.167. The van der Waals surface area contributed by atoms with E-state index < -0.39 is 5.91 Å². The van der Waals surface area contributed by atoms with Crippen molar-refractivity contribution in [2.24, 2.45) is 7.05 Å². The van der Waals surface area contributed by atoms with E-state index in [1.54, 1.807) is 28.6 Å². The molecule has 1 amide bonds. The number of para-hydroxylation sites is 1. The van der Waals surface area contributed by atoms with Gasteiger partial charge in [-0.15, -0.1) is 5.10 Å². The molecule has 3 heterocycles. The summed E-state index contributed by atoms with van der Waals surface area (Å²) in [5.41, 5.74) is 2.81. The molecule has 0 saturated carbocycles. The molecule has 3 aromatic heterocycles. The maximum Gasteiger partial charge on any atom is 0.295 e. The molecule has 136 valence electrons. The monoisotopic (exact) mass is 381 g/mol. The highest BCUT2D eigenvalue weighted by Gasteiger charge is 2.17. The molecule has 0 radical (unpaired) electrons. The van der Waals surface area contributed by atoms with Crippen molar-refractivity contribution in [2.45, 2.75) is 13.8 Å². The summed E-state index contributed by atoms with van der Waals surface area (Å²) in [6, 6.07) is 9.08. The van der Waals surface area contributed by atoms with Gasteiger partial charge in [-0.1, -0.05) is 23.7 Å². The number of hydrogen-bond donors (Lipinski definition) is 1. The van der Waals surface area contributed by atoms with Crippen LogP contribution in [0.3, 0.4) is 0 Å². The minimum atomic E-state index is -0.424. The van der Waals surface area contributed by atoms with Gasteiger partial charge in [0.15, 0.2) is 5.65 Å². The number of amides is 1. The summed E-state index contributed by atoms with van der Waals surface area (Å²) in [6.07, 6.45) is 1.58. The lowest BCUT2D eigenvalue weighted by Crippen LogP contribution is -2.14. The van der Waals surface area contributed by atoms with Crippen LogP contribution >= 0.6 is 11.6 Å². The van der Waals surface area contributed by atoms with Crippen molar-refractivity contribution in [3.63, 3.8) is 0 Å². The van der Waals surface area contributed by atoms with Crippen molar-refractivity contribution in [1.29, 1.82) is 0 Å². The van der Waals surface area contributed by atoms with E-state index >= 15 is 0 Å². The minimum Gasteiger partial charge on any atom is -0.318 e. The SMILES string of the molecule is Cc1nn(C)c2ncc(NC(=O)c3nc(C)n(-c4ccccc4Cl)n3)cc12. The predicted molar refractivity (Wildman–Crippen MR) is 102 cm³/mol. The molecule has 27 heavy (non-hydrogen) atoms. The summed E-state index contributed by atoms with van der Waals surface area (Å²) in [5, 5.41) is 12.8. The number of hydrogen-bond acceptors (Lipinski definition) is 5. The standard InChI is InChI=1S/C18H16ClN7O/c1-10-13-8-12(9-20-17(13)25(3)23-10)22-18(27)16-21-11(2)26(24-16)15-7-5-4-6-14(15)19/h4-9H,1-3H3,(H,22,27). The summed E-state index contributed by atoms with van der Waals surface area (Å²) >= 11 is 6.22. The van der Waals surface area contributed by atoms with Gasteiger partial charge in [0.1, 0.15) is 5.82 Å². The van der Waals surface area contributed by atoms with Crippen LogP contribution in [0.25, 0.3) is 16.7 Å². The van der Waals surface area contributed by atoms with E-state index in [0.29, 0.717) is 22.2 Å². The largest absolute Gasteiger partial charge is 0.318 e. The van der Waals surface area contributed by atoms with Crippen LogP contribution in [0.15, 0.2) is 36.5 Å². The molecule has 0 aliphatic carbocycles. The maximum absolute atomic E-state index is 12.6. The summed E-state index contributed by atoms with van der Waals surface area (Å²) in [5.74, 6) is 0.187. The van der Waals surface area contributed by atoms with Crippen molar-refractivity contribution in [2.75, 3.05) is 5.32 Å². The van der Waals surface area contributed by atoms with E-state index in [1.165, 1.54) is 0 Å². The van der Waals surface area contributed by atoms with Crippen LogP contribution in [0.4, 0.5) is 5.69 Å². The zero-order chi connectivity index (χ0) is 19.1. The molecule has 8 nitrogen and oxygen atoms in total. The number of nitrogens with zero attached hydrogens (tertiary/aromatic N) is 6. The number of anilines is 1. The molecule has 0 aliphatic rings. The Morgan fingerprint density at radius 3 is 2.74 bits per heavy atom. The Kier molecular flexibility index (Phi) is 4.12. The van der Waals surface area contributed by atoms with Gasteiger partial charge in [-0.05, 0) is 32.0 Å². The third-order valence-corrected chi connectivity index (χ3v) is 4.49. The summed E-state index contributed by atoms with van der Waals surface area (Å²) in [4.78, 5) is 21.2. The van der Waals surface area contributed by atoms with Crippen LogP contribution in [0.5, 0.6) is 0 Å². The molecular formula is C18H16ClN7O. The number of aryl methyl sites for hydroxylation is 3. The minimum absolute atomic E-state index is 0.0513. The first-order valence-electron chi connectivity index (χ1n) is 8.23. The number of halogens is 1. The van der Waals surface area contributed by atoms with Gasteiger partial charge in [-0.3, -0.25) is 9.48 Å². The molecule has 1 N–H and O–H groups in total. The Labute approximate surface area is 159 Å². The molecule has 9 heteroatoms. The smallest absolute Gasteiger partial charge is 0.295 e. The normalized spacial score (nSPS) is 11.1. The zero-order valence-electron chi connectivity index (χ0n) is 14.9. The number of aromatic nitrogens is 6. The van der Waals surface area contributed by atoms with Gasteiger partial charge in [0.05, 0.1) is 28.3 Å². The van der Waals surface area contributed by atoms with Gasteiger partial charge in [0, 0.05) is 12.4 Å². The van der Waals surface area contributed by atoms with Crippen molar-refractivity contribution in [1.82, 2.24) is 29.5 Å². The van der Waals surface area contributed by atoms with Gasteiger partial charge >= 0.3 is 0 Å². The number of nitrogens with one attached hydrogen (secondary N) is 1. The van der Waals surface area contributed by atoms with Gasteiger partial charge in [-0.25, -0.2) is 14.6 Å². The van der Waals surface area contributed by atoms with Crippen LogP contribution in [0.1, 0.15) is 22.1 Å². The first-order valence-corrected chi connectivity index (χ1v) is 8.61. The molecule has 1 aromatic carbocycles. The lowest BCUT2D eigenvalue weighted by atomic mass is 10.2. The average Bonchev–Trinajstić information content (AvgIpc) is 3.16. The lowest BCUT2D eigenvalue weighted by molar-refractivity contribution is 0.101. The molecule has 0 spiro atoms. The third-order valence-electron chi connectivity index (χ3n) is 4.17. The van der Waals surface area contributed by atoms with Gasteiger partial charge < -0.3 is 5.32 Å². The van der Waals surface area contributed by atoms with Crippen molar-refractivity contribution < 1.29 is 4.79 Å². The molecule has 0 fully saturated rings. The Hall–Kier alpha value is -3.26. The second-order valence-electron chi connectivity index (χ2n) is 6.10. The molecule has 4 rings (SSSR count). The van der Waals surface area contributed by atoms with Gasteiger partial charge in [0.2, 0.25) is 5.82 Å². The Bertz CT molecular complexity index is 1180. The maximum atomic E-state index is 12.6. The predicted octanol–water partition coefficient (Wildman–Crippen LogP) is 3.07. The fourth-order valence-electron chi connectivity index (χ4n) is 2.90. The first-order chi connectivity index (χ1) is 12.9. The number of pyridine rings is 1. The van der Waals surface area contributed by atoms with Gasteiger partial charge in [0.25, 0.3) is 5.91 Å². The Morgan fingerprint density at radius 2 is 1.96 bits per heavy atom. The number of benzene rings is 1. The molecule has 0 atom stereocenters. The van der Waals surface area contributed by atoms with Crippen molar-refractivity contribution >= 4 is 34.2 Å². The zero-order valence-corrected chi connectivity index (χ0v) is 15.7. The Balaban J connectivity index is 1.63.